The molecule has 1 heterocycles. The van der Waals surface area contributed by atoms with Crippen LogP contribution < -0.4 is 15.8 Å². The number of amides is 2. The average Bonchev–Trinajstić information content (AvgIpc) is 2.17. The summed E-state index contributed by atoms with van der Waals surface area (Å²) in [6.45, 7) is 7.18. The summed E-state index contributed by atoms with van der Waals surface area (Å²) in [6, 6.07) is -0.910. The third kappa shape index (κ3) is 4.20. The van der Waals surface area contributed by atoms with Crippen molar-refractivity contribution in [3.63, 3.8) is 0 Å². The van der Waals surface area contributed by atoms with Crippen molar-refractivity contribution in [1.29, 1.82) is 0 Å². The first kappa shape index (κ1) is 15.4. The summed E-state index contributed by atoms with van der Waals surface area (Å²) < 4.78 is 25.7. The molecule has 1 unspecified atom stereocenters. The van der Waals surface area contributed by atoms with E-state index in [0.717, 1.165) is 6.42 Å². The molecule has 1 saturated heterocycles. The minimum absolute atomic E-state index is 0.248. The fourth-order valence-electron chi connectivity index (χ4n) is 1.78. The van der Waals surface area contributed by atoms with Gasteiger partial charge in [-0.3, -0.25) is 0 Å². The maximum Gasteiger partial charge on any atom is 0.372 e. The molecule has 0 spiro atoms. The quantitative estimate of drug-likeness (QED) is 0.553. The standard InChI is InChI=1S/C10H22N4O3S/c1-10(2,3)8(13-9(11)15)7-14-6-4-5-12-18(14,16)17/h8H,4-7H2,1-3H3,(H4-,11,12,13,15,16,17)/p+1/t8-/m1/s1. The van der Waals surface area contributed by atoms with E-state index in [2.05, 4.69) is 10.0 Å². The molecule has 18 heavy (non-hydrogen) atoms. The molecule has 8 heteroatoms. The monoisotopic (exact) mass is 279 g/mol. The molecule has 0 saturated carbocycles. The van der Waals surface area contributed by atoms with Crippen molar-refractivity contribution >= 4 is 16.6 Å². The van der Waals surface area contributed by atoms with Crippen LogP contribution in [-0.2, 0) is 14.8 Å². The van der Waals surface area contributed by atoms with Gasteiger partial charge >= 0.3 is 16.6 Å². The van der Waals surface area contributed by atoms with Crippen LogP contribution in [0.3, 0.4) is 0 Å². The van der Waals surface area contributed by atoms with Crippen LogP contribution >= 0.6 is 0 Å². The van der Waals surface area contributed by atoms with Crippen LogP contribution in [0.2, 0.25) is 0 Å². The van der Waals surface area contributed by atoms with Gasteiger partial charge in [0, 0.05) is 6.54 Å². The third-order valence-electron chi connectivity index (χ3n) is 2.97. The van der Waals surface area contributed by atoms with Gasteiger partial charge in [-0.05, 0) is 16.0 Å². The van der Waals surface area contributed by atoms with Gasteiger partial charge in [0.1, 0.15) is 0 Å². The van der Waals surface area contributed by atoms with Crippen LogP contribution in [-0.4, -0.2) is 40.6 Å². The zero-order chi connectivity index (χ0) is 14.0. The van der Waals surface area contributed by atoms with Gasteiger partial charge in [0.05, 0.1) is 19.1 Å². The minimum atomic E-state index is -3.17. The number of nitrogens with zero attached hydrogens (tertiary/aromatic N) is 1. The van der Waals surface area contributed by atoms with Crippen molar-refractivity contribution in [3.8, 4) is 0 Å². The SMILES string of the molecule is CC(C)(C)[C@@H](CN1CCCN[S+]1(=O)O)NC(N)=O. The van der Waals surface area contributed by atoms with Gasteiger partial charge in [0.25, 0.3) is 0 Å². The van der Waals surface area contributed by atoms with Gasteiger partial charge in [-0.2, -0.15) is 4.55 Å². The number of nitrogens with two attached hydrogens (primary N) is 1. The van der Waals surface area contributed by atoms with Crippen LogP contribution in [0, 0.1) is 5.41 Å². The Morgan fingerprint density at radius 2 is 2.22 bits per heavy atom. The van der Waals surface area contributed by atoms with Gasteiger partial charge in [-0.25, -0.2) is 4.79 Å². The second kappa shape index (κ2) is 5.52. The van der Waals surface area contributed by atoms with E-state index in [1.807, 2.05) is 20.8 Å². The van der Waals surface area contributed by atoms with Crippen LogP contribution in [0.1, 0.15) is 27.2 Å². The van der Waals surface area contributed by atoms with E-state index in [4.69, 9.17) is 5.73 Å². The molecule has 2 amide bonds. The first-order chi connectivity index (χ1) is 8.13. The summed E-state index contributed by atoms with van der Waals surface area (Å²) in [6.07, 6.45) is 0.797. The summed E-state index contributed by atoms with van der Waals surface area (Å²) in [7, 11) is -3.17. The lowest BCUT2D eigenvalue weighted by Gasteiger charge is -2.34. The van der Waals surface area contributed by atoms with Gasteiger partial charge in [0.2, 0.25) is 0 Å². The minimum Gasteiger partial charge on any atom is -0.352 e. The fraction of sp³-hybridized carbons (Fsp3) is 0.900. The van der Waals surface area contributed by atoms with Crippen LogP contribution in [0.25, 0.3) is 0 Å². The van der Waals surface area contributed by atoms with E-state index >= 15 is 0 Å². The Labute approximate surface area is 109 Å². The maximum atomic E-state index is 11.9. The Kier molecular flexibility index (Phi) is 4.71. The molecule has 0 aromatic heterocycles. The highest BCUT2D eigenvalue weighted by molar-refractivity contribution is 7.93. The average molecular weight is 279 g/mol. The molecule has 0 aromatic carbocycles. The van der Waals surface area contributed by atoms with Gasteiger partial charge < -0.3 is 11.1 Å². The Morgan fingerprint density at radius 3 is 2.67 bits per heavy atom. The second-order valence-corrected chi connectivity index (χ2v) is 7.36. The van der Waals surface area contributed by atoms with Crippen molar-refractivity contribution < 1.29 is 13.6 Å². The molecule has 1 rings (SSSR count). The maximum absolute atomic E-state index is 11.9. The normalized spacial score (nSPS) is 27.8. The summed E-state index contributed by atoms with van der Waals surface area (Å²) in [5.74, 6) is 0. The van der Waals surface area contributed by atoms with Crippen molar-refractivity contribution in [2.75, 3.05) is 19.6 Å². The molecule has 0 aliphatic carbocycles. The molecule has 5 N–H and O–H groups in total. The van der Waals surface area contributed by atoms with E-state index in [1.54, 1.807) is 0 Å². The summed E-state index contributed by atoms with van der Waals surface area (Å²) in [4.78, 5) is 11.0. The van der Waals surface area contributed by atoms with Crippen LogP contribution in [0.5, 0.6) is 0 Å². The molecule has 106 valence electrons. The van der Waals surface area contributed by atoms with E-state index in [0.29, 0.717) is 13.1 Å². The van der Waals surface area contributed by atoms with E-state index in [-0.39, 0.29) is 18.0 Å². The van der Waals surface area contributed by atoms with Crippen molar-refractivity contribution in [2.24, 2.45) is 11.1 Å². The van der Waals surface area contributed by atoms with Crippen LogP contribution in [0.15, 0.2) is 0 Å². The smallest absolute Gasteiger partial charge is 0.352 e. The Bertz CT molecular complexity index is 356. The van der Waals surface area contributed by atoms with Crippen LogP contribution in [0.4, 0.5) is 4.79 Å². The van der Waals surface area contributed by atoms with Gasteiger partial charge in [-0.15, -0.1) is 0 Å². The third-order valence-corrected chi connectivity index (χ3v) is 4.58. The summed E-state index contributed by atoms with van der Waals surface area (Å²) >= 11 is 0. The molecule has 0 bridgehead atoms. The highest BCUT2D eigenvalue weighted by Gasteiger charge is 2.42. The number of primary amides is 1. The lowest BCUT2D eigenvalue weighted by Crippen LogP contribution is -2.58. The predicted molar refractivity (Wildman–Crippen MR) is 70.8 cm³/mol. The van der Waals surface area contributed by atoms with Crippen molar-refractivity contribution in [3.05, 3.63) is 0 Å². The first-order valence-electron chi connectivity index (χ1n) is 5.95. The highest BCUT2D eigenvalue weighted by atomic mass is 32.3. The summed E-state index contributed by atoms with van der Waals surface area (Å²) in [5, 5.41) is 2.64. The summed E-state index contributed by atoms with van der Waals surface area (Å²) in [5.41, 5.74) is 4.90. The molecule has 1 aliphatic rings. The Balaban J connectivity index is 2.76. The number of hydrogen-bond donors (Lipinski definition) is 4. The van der Waals surface area contributed by atoms with E-state index in [9.17, 15) is 13.6 Å². The van der Waals surface area contributed by atoms with Crippen molar-refractivity contribution in [1.82, 2.24) is 14.3 Å². The van der Waals surface area contributed by atoms with Crippen molar-refractivity contribution in [2.45, 2.75) is 33.2 Å². The lowest BCUT2D eigenvalue weighted by molar-refractivity contribution is 0.201. The molecular formula is C10H23N4O3S+. The largest absolute Gasteiger partial charge is 0.372 e. The number of carbonyl (C=O) groups excluding carboxylic acids is 1. The number of hydrogen-bond acceptors (Lipinski definition) is 2. The van der Waals surface area contributed by atoms with E-state index in [1.165, 1.54) is 4.31 Å². The number of carbonyl (C=O) groups is 1. The molecule has 7 nitrogen and oxygen atoms in total. The van der Waals surface area contributed by atoms with E-state index < -0.39 is 16.6 Å². The molecule has 2 atom stereocenters. The molecule has 0 aromatic rings. The number of nitrogens with one attached hydrogen (secondary N) is 2. The first-order valence-corrected chi connectivity index (χ1v) is 7.42. The zero-order valence-corrected chi connectivity index (χ0v) is 11.9. The highest BCUT2D eigenvalue weighted by Crippen LogP contribution is 2.22. The molecule has 0 radical (unpaired) electrons. The Hall–Kier alpha value is -0.700. The topological polar surface area (TPSA) is 108 Å². The Morgan fingerprint density at radius 1 is 1.61 bits per heavy atom. The number of urea groups is 1. The zero-order valence-electron chi connectivity index (χ0n) is 11.1. The number of rotatable bonds is 3. The van der Waals surface area contributed by atoms with Gasteiger partial charge in [0.15, 0.2) is 0 Å². The fourth-order valence-corrected chi connectivity index (χ4v) is 3.10. The van der Waals surface area contributed by atoms with Gasteiger partial charge in [-0.1, -0.05) is 29.8 Å². The molecule has 1 aliphatic heterocycles. The lowest BCUT2D eigenvalue weighted by atomic mass is 9.86. The molecule has 1 fully saturated rings. The predicted octanol–water partition coefficient (Wildman–Crippen LogP) is 0.167. The second-order valence-electron chi connectivity index (χ2n) is 5.56. The molecular weight excluding hydrogens is 256 g/mol.